The third-order valence-electron chi connectivity index (χ3n) is 7.16. The molecule has 0 saturated heterocycles. The second-order valence-electron chi connectivity index (χ2n) is 10.9. The number of carbonyl (C=O) groups excluding carboxylic acids is 2. The quantitative estimate of drug-likeness (QED) is 0.429. The number of fused-ring (bicyclic) bond motifs is 2. The number of aliphatic hydroxyl groups excluding tert-OH is 1. The lowest BCUT2D eigenvalue weighted by Gasteiger charge is -2.28. The molecule has 1 amide bonds. The van der Waals surface area contributed by atoms with Crippen LogP contribution in [0.25, 0.3) is 22.2 Å². The van der Waals surface area contributed by atoms with Gasteiger partial charge in [-0.15, -0.1) is 0 Å². The minimum atomic E-state index is -0.686. The van der Waals surface area contributed by atoms with Crippen molar-refractivity contribution in [1.29, 1.82) is 0 Å². The van der Waals surface area contributed by atoms with E-state index in [2.05, 4.69) is 10.6 Å². The van der Waals surface area contributed by atoms with Crippen molar-refractivity contribution < 1.29 is 19.4 Å². The number of halogens is 1. The highest BCUT2D eigenvalue weighted by atomic mass is 35.5. The first-order valence-electron chi connectivity index (χ1n) is 12.4. The van der Waals surface area contributed by atoms with Crippen LogP contribution in [0.3, 0.4) is 0 Å². The van der Waals surface area contributed by atoms with Crippen LogP contribution in [0, 0.1) is 0 Å². The number of rotatable bonds is 5. The van der Waals surface area contributed by atoms with Gasteiger partial charge in [-0.3, -0.25) is 4.79 Å². The van der Waals surface area contributed by atoms with Gasteiger partial charge in [-0.1, -0.05) is 36.6 Å². The van der Waals surface area contributed by atoms with Crippen molar-refractivity contribution in [2.24, 2.45) is 0 Å². The highest BCUT2D eigenvalue weighted by molar-refractivity contribution is 6.32. The average molecular weight is 510 g/mol. The summed E-state index contributed by atoms with van der Waals surface area (Å²) in [5.41, 5.74) is 3.28. The lowest BCUT2D eigenvalue weighted by Crippen LogP contribution is -2.45. The third kappa shape index (κ3) is 4.51. The Morgan fingerprint density at radius 2 is 1.94 bits per heavy atom. The van der Waals surface area contributed by atoms with Crippen molar-refractivity contribution in [3.05, 3.63) is 58.1 Å². The fourth-order valence-corrected chi connectivity index (χ4v) is 5.56. The minimum absolute atomic E-state index is 0.123. The molecule has 1 aliphatic heterocycles. The van der Waals surface area contributed by atoms with E-state index in [1.807, 2.05) is 45.0 Å². The van der Waals surface area contributed by atoms with E-state index in [-0.39, 0.29) is 18.1 Å². The van der Waals surface area contributed by atoms with Gasteiger partial charge in [0.25, 0.3) is 5.91 Å². The summed E-state index contributed by atoms with van der Waals surface area (Å²) in [7, 11) is 0. The van der Waals surface area contributed by atoms with Gasteiger partial charge in [-0.2, -0.15) is 0 Å². The topological polar surface area (TPSA) is 92.6 Å². The Morgan fingerprint density at radius 3 is 2.64 bits per heavy atom. The van der Waals surface area contributed by atoms with Crippen LogP contribution in [0.15, 0.2) is 36.4 Å². The Labute approximate surface area is 215 Å². The summed E-state index contributed by atoms with van der Waals surface area (Å²) in [5, 5.41) is 17.7. The van der Waals surface area contributed by atoms with Crippen molar-refractivity contribution >= 4 is 34.5 Å². The summed E-state index contributed by atoms with van der Waals surface area (Å²) in [6.07, 6.45) is 3.66. The number of hydrogen-bond acceptors (Lipinski definition) is 5. The molecule has 7 nitrogen and oxygen atoms in total. The maximum Gasteiger partial charge on any atom is 0.419 e. The van der Waals surface area contributed by atoms with E-state index in [9.17, 15) is 14.7 Å². The van der Waals surface area contributed by atoms with Crippen LogP contribution in [0.4, 0.5) is 4.79 Å². The van der Waals surface area contributed by atoms with E-state index in [4.69, 9.17) is 16.3 Å². The number of aliphatic hydroxyl groups is 1. The molecule has 2 aliphatic rings. The first-order valence-corrected chi connectivity index (χ1v) is 12.8. The highest BCUT2D eigenvalue weighted by Gasteiger charge is 2.33. The molecule has 2 heterocycles. The van der Waals surface area contributed by atoms with Gasteiger partial charge in [0.05, 0.1) is 23.4 Å². The summed E-state index contributed by atoms with van der Waals surface area (Å²) >= 11 is 6.38. The summed E-state index contributed by atoms with van der Waals surface area (Å²) < 4.78 is 7.29. The molecule has 36 heavy (non-hydrogen) atoms. The zero-order chi connectivity index (χ0) is 25.7. The Bertz CT molecular complexity index is 1350. The fourth-order valence-electron chi connectivity index (χ4n) is 5.33. The van der Waals surface area contributed by atoms with Crippen LogP contribution in [0.2, 0.25) is 5.02 Å². The number of nitrogens with one attached hydrogen (secondary N) is 2. The van der Waals surface area contributed by atoms with E-state index in [0.717, 1.165) is 42.2 Å². The van der Waals surface area contributed by atoms with Gasteiger partial charge in [0, 0.05) is 40.2 Å². The largest absolute Gasteiger partial charge is 0.443 e. The number of carbonyl (C=O) groups is 2. The van der Waals surface area contributed by atoms with Gasteiger partial charge in [0.2, 0.25) is 0 Å². The van der Waals surface area contributed by atoms with E-state index in [0.29, 0.717) is 40.4 Å². The predicted octanol–water partition coefficient (Wildman–Crippen LogP) is 5.38. The second-order valence-corrected chi connectivity index (χ2v) is 11.3. The molecule has 8 heteroatoms. The van der Waals surface area contributed by atoms with Crippen LogP contribution in [-0.4, -0.2) is 39.4 Å². The van der Waals surface area contributed by atoms with Crippen molar-refractivity contribution in [2.75, 3.05) is 6.61 Å². The van der Waals surface area contributed by atoms with Crippen LogP contribution >= 0.6 is 11.6 Å². The Balaban J connectivity index is 1.60. The zero-order valence-corrected chi connectivity index (χ0v) is 21.7. The van der Waals surface area contributed by atoms with Gasteiger partial charge in [-0.05, 0) is 63.4 Å². The molecule has 0 bridgehead atoms. The average Bonchev–Trinajstić information content (AvgIpc) is 3.54. The van der Waals surface area contributed by atoms with Gasteiger partial charge in [-0.25, -0.2) is 9.36 Å². The van der Waals surface area contributed by atoms with Gasteiger partial charge in [0.1, 0.15) is 5.60 Å². The number of amides is 1. The van der Waals surface area contributed by atoms with Crippen LogP contribution in [0.5, 0.6) is 0 Å². The minimum Gasteiger partial charge on any atom is -0.443 e. The maximum atomic E-state index is 13.4. The number of hydrogen-bond donors (Lipinski definition) is 3. The van der Waals surface area contributed by atoms with Gasteiger partial charge >= 0.3 is 6.09 Å². The fraction of sp³-hybridized carbons (Fsp3) is 0.429. The van der Waals surface area contributed by atoms with Crippen LogP contribution in [-0.2, 0) is 17.8 Å². The number of ether oxygens (including phenoxy) is 1. The summed E-state index contributed by atoms with van der Waals surface area (Å²) in [4.78, 5) is 26.2. The molecule has 0 radical (unpaired) electrons. The molecule has 3 aromatic rings. The van der Waals surface area contributed by atoms with E-state index >= 15 is 0 Å². The van der Waals surface area contributed by atoms with Crippen molar-refractivity contribution in [3.8, 4) is 11.3 Å². The molecule has 1 aromatic heterocycles. The Kier molecular flexibility index (Phi) is 6.35. The normalized spacial score (nSPS) is 16.9. The van der Waals surface area contributed by atoms with Crippen molar-refractivity contribution in [3.63, 3.8) is 0 Å². The van der Waals surface area contributed by atoms with E-state index < -0.39 is 11.7 Å². The molecule has 3 N–H and O–H groups in total. The zero-order valence-electron chi connectivity index (χ0n) is 20.9. The monoisotopic (exact) mass is 509 g/mol. The molecule has 1 aliphatic carbocycles. The van der Waals surface area contributed by atoms with Crippen LogP contribution in [0.1, 0.15) is 67.9 Å². The molecular formula is C28H32ClN3O4. The molecule has 1 saturated carbocycles. The lowest BCUT2D eigenvalue weighted by molar-refractivity contribution is 0.0547. The molecule has 5 rings (SSSR count). The highest BCUT2D eigenvalue weighted by Crippen LogP contribution is 2.37. The molecule has 0 atom stereocenters. The summed E-state index contributed by atoms with van der Waals surface area (Å²) in [6.45, 7) is 6.57. The molecule has 0 spiro atoms. The molecular weight excluding hydrogens is 478 g/mol. The molecule has 190 valence electrons. The maximum absolute atomic E-state index is 13.4. The van der Waals surface area contributed by atoms with Crippen molar-refractivity contribution in [1.82, 2.24) is 15.2 Å². The third-order valence-corrected chi connectivity index (χ3v) is 7.51. The Morgan fingerprint density at radius 1 is 1.19 bits per heavy atom. The second kappa shape index (κ2) is 9.21. The molecule has 1 fully saturated rings. The summed E-state index contributed by atoms with van der Waals surface area (Å²) in [5.74, 6) is -0.209. The number of aromatic nitrogens is 1. The summed E-state index contributed by atoms with van der Waals surface area (Å²) in [6, 6.07) is 11.4. The van der Waals surface area contributed by atoms with Crippen LogP contribution < -0.4 is 10.6 Å². The molecule has 0 unspecified atom stereocenters. The smallest absolute Gasteiger partial charge is 0.419 e. The molecule has 2 aromatic carbocycles. The number of nitrogens with zero attached hydrogens (tertiary/aromatic N) is 1. The van der Waals surface area contributed by atoms with Gasteiger partial charge < -0.3 is 20.5 Å². The van der Waals surface area contributed by atoms with Gasteiger partial charge in [0.15, 0.2) is 0 Å². The van der Waals surface area contributed by atoms with Crippen molar-refractivity contribution in [2.45, 2.75) is 70.7 Å². The first-order chi connectivity index (χ1) is 17.1. The predicted molar refractivity (Wildman–Crippen MR) is 140 cm³/mol. The number of benzene rings is 2. The van der Waals surface area contributed by atoms with E-state index in [1.165, 1.54) is 0 Å². The Hall–Kier alpha value is -2.87. The SMILES string of the molecule is CC(C)(C)OC(=O)n1c(-c2ccc(Cl)c3c2C(=O)NC3)cc2cc(CNC3(CO)CCCC3)ccc21. The standard InChI is InChI=1S/C28H32ClN3O4/c1-27(2,3)36-26(35)32-22-9-6-17(14-31-28(16-33)10-4-5-11-28)12-18(22)13-23(32)19-7-8-21(29)20-15-30-25(34)24(19)20/h6-9,12-13,31,33H,4-5,10-11,14-16H2,1-3H3,(H,30,34). The lowest BCUT2D eigenvalue weighted by atomic mass is 9.98. The van der Waals surface area contributed by atoms with E-state index in [1.54, 1.807) is 16.7 Å². The first kappa shape index (κ1) is 24.8.